The third-order valence-corrected chi connectivity index (χ3v) is 3.86. The number of piperazine rings is 1. The molecule has 0 spiro atoms. The number of hydrogen-bond donors (Lipinski definition) is 0. The van der Waals surface area contributed by atoms with Crippen LogP contribution in [0.4, 0.5) is 6.01 Å². The zero-order valence-corrected chi connectivity index (χ0v) is 12.8. The molecule has 1 aliphatic rings. The molecule has 6 nitrogen and oxygen atoms in total. The molecule has 0 radical (unpaired) electrons. The Kier molecular flexibility index (Phi) is 3.88. The number of aryl methyl sites for hydroxylation is 1. The minimum Gasteiger partial charge on any atom is -0.402 e. The van der Waals surface area contributed by atoms with Gasteiger partial charge in [0.2, 0.25) is 0 Å². The van der Waals surface area contributed by atoms with Crippen LogP contribution in [0.5, 0.6) is 0 Å². The maximum atomic E-state index is 5.77. The van der Waals surface area contributed by atoms with Gasteiger partial charge in [0.25, 0.3) is 5.89 Å². The first kappa shape index (κ1) is 14.0. The molecule has 0 atom stereocenters. The first-order valence-electron chi connectivity index (χ1n) is 7.39. The van der Waals surface area contributed by atoms with E-state index < -0.39 is 0 Å². The molecule has 0 aliphatic carbocycles. The van der Waals surface area contributed by atoms with Crippen LogP contribution in [-0.2, 0) is 0 Å². The highest BCUT2D eigenvalue weighted by molar-refractivity contribution is 5.47. The van der Waals surface area contributed by atoms with Crippen LogP contribution in [-0.4, -0.2) is 52.3 Å². The molecule has 0 unspecified atom stereocenters. The summed E-state index contributed by atoms with van der Waals surface area (Å²) in [6.45, 7) is 10.3. The smallest absolute Gasteiger partial charge is 0.318 e. The van der Waals surface area contributed by atoms with Crippen molar-refractivity contribution in [2.24, 2.45) is 0 Å². The van der Waals surface area contributed by atoms with Crippen molar-refractivity contribution in [1.29, 1.82) is 0 Å². The highest BCUT2D eigenvalue weighted by Crippen LogP contribution is 2.21. The zero-order valence-electron chi connectivity index (χ0n) is 12.8. The largest absolute Gasteiger partial charge is 0.402 e. The molecule has 0 amide bonds. The van der Waals surface area contributed by atoms with Crippen molar-refractivity contribution >= 4 is 6.01 Å². The van der Waals surface area contributed by atoms with E-state index in [0.717, 1.165) is 37.4 Å². The quantitative estimate of drug-likeness (QED) is 0.860. The predicted octanol–water partition coefficient (Wildman–Crippen LogP) is 1.97. The molecule has 21 heavy (non-hydrogen) atoms. The second kappa shape index (κ2) is 5.81. The minimum absolute atomic E-state index is 0.483. The summed E-state index contributed by atoms with van der Waals surface area (Å²) < 4.78 is 5.77. The van der Waals surface area contributed by atoms with Gasteiger partial charge in [0, 0.05) is 38.4 Å². The van der Waals surface area contributed by atoms with E-state index in [9.17, 15) is 0 Å². The van der Waals surface area contributed by atoms with Crippen molar-refractivity contribution < 1.29 is 4.42 Å². The first-order valence-corrected chi connectivity index (χ1v) is 7.39. The Labute approximate surface area is 124 Å². The van der Waals surface area contributed by atoms with Crippen LogP contribution in [0, 0.1) is 6.92 Å². The first-order chi connectivity index (χ1) is 10.1. The van der Waals surface area contributed by atoms with Gasteiger partial charge in [0.1, 0.15) is 5.69 Å². The second-order valence-corrected chi connectivity index (χ2v) is 5.73. The van der Waals surface area contributed by atoms with Crippen LogP contribution < -0.4 is 4.90 Å². The van der Waals surface area contributed by atoms with Crippen LogP contribution in [0.1, 0.15) is 19.4 Å². The normalized spacial score (nSPS) is 16.7. The van der Waals surface area contributed by atoms with E-state index >= 15 is 0 Å². The van der Waals surface area contributed by atoms with E-state index in [1.807, 2.05) is 19.1 Å². The van der Waals surface area contributed by atoms with Crippen LogP contribution >= 0.6 is 0 Å². The van der Waals surface area contributed by atoms with E-state index in [-0.39, 0.29) is 0 Å². The Bertz CT molecular complexity index is 584. The van der Waals surface area contributed by atoms with Gasteiger partial charge in [-0.05, 0) is 32.4 Å². The highest BCUT2D eigenvalue weighted by atomic mass is 16.4. The Hall–Kier alpha value is -1.95. The summed E-state index contributed by atoms with van der Waals surface area (Å²) in [5, 5.41) is 8.27. The molecular weight excluding hydrogens is 266 g/mol. The maximum Gasteiger partial charge on any atom is 0.318 e. The summed E-state index contributed by atoms with van der Waals surface area (Å²) in [7, 11) is 0. The molecule has 112 valence electrons. The van der Waals surface area contributed by atoms with Crippen LogP contribution in [0.25, 0.3) is 11.6 Å². The lowest BCUT2D eigenvalue weighted by Crippen LogP contribution is -2.49. The molecule has 1 saturated heterocycles. The lowest BCUT2D eigenvalue weighted by Gasteiger charge is -2.35. The summed E-state index contributed by atoms with van der Waals surface area (Å²) in [4.78, 5) is 8.92. The lowest BCUT2D eigenvalue weighted by atomic mass is 10.2. The number of anilines is 1. The third-order valence-electron chi connectivity index (χ3n) is 3.86. The van der Waals surface area contributed by atoms with Gasteiger partial charge in [0.15, 0.2) is 0 Å². The monoisotopic (exact) mass is 287 g/mol. The molecule has 0 bridgehead atoms. The van der Waals surface area contributed by atoms with E-state index in [1.54, 1.807) is 6.20 Å². The molecule has 2 aromatic rings. The van der Waals surface area contributed by atoms with Gasteiger partial charge in [-0.25, -0.2) is 0 Å². The van der Waals surface area contributed by atoms with Crippen LogP contribution in [0.2, 0.25) is 0 Å². The van der Waals surface area contributed by atoms with Crippen molar-refractivity contribution in [2.45, 2.75) is 26.8 Å². The lowest BCUT2D eigenvalue weighted by molar-refractivity contribution is 0.206. The van der Waals surface area contributed by atoms with Crippen molar-refractivity contribution in [1.82, 2.24) is 20.1 Å². The molecular formula is C15H21N5O. The van der Waals surface area contributed by atoms with Crippen molar-refractivity contribution in [2.75, 3.05) is 31.1 Å². The second-order valence-electron chi connectivity index (χ2n) is 5.73. The minimum atomic E-state index is 0.483. The average molecular weight is 287 g/mol. The van der Waals surface area contributed by atoms with E-state index in [0.29, 0.717) is 17.9 Å². The number of aromatic nitrogens is 3. The molecule has 1 fully saturated rings. The van der Waals surface area contributed by atoms with Gasteiger partial charge >= 0.3 is 6.01 Å². The number of pyridine rings is 1. The predicted molar refractivity (Wildman–Crippen MR) is 81.2 cm³/mol. The fourth-order valence-electron chi connectivity index (χ4n) is 2.47. The molecule has 6 heteroatoms. The third kappa shape index (κ3) is 3.05. The standard InChI is InChI=1S/C15H21N5O/c1-11(2)19-6-8-20(9-7-19)15-18-17-14(21-15)13-5-4-12(3)10-16-13/h4-5,10-11H,6-9H2,1-3H3. The molecule has 1 aliphatic heterocycles. The molecule has 0 N–H and O–H groups in total. The van der Waals surface area contributed by atoms with Crippen molar-refractivity contribution in [3.05, 3.63) is 23.9 Å². The van der Waals surface area contributed by atoms with E-state index in [2.05, 4.69) is 38.8 Å². The Morgan fingerprint density at radius 1 is 1.10 bits per heavy atom. The SMILES string of the molecule is Cc1ccc(-c2nnc(N3CCN(C(C)C)CC3)o2)nc1. The van der Waals surface area contributed by atoms with Crippen molar-refractivity contribution in [3.8, 4) is 11.6 Å². The van der Waals surface area contributed by atoms with Gasteiger partial charge < -0.3 is 9.32 Å². The fourth-order valence-corrected chi connectivity index (χ4v) is 2.47. The van der Waals surface area contributed by atoms with Gasteiger partial charge in [-0.3, -0.25) is 9.88 Å². The Morgan fingerprint density at radius 3 is 2.48 bits per heavy atom. The summed E-state index contributed by atoms with van der Waals surface area (Å²) in [5.41, 5.74) is 1.84. The topological polar surface area (TPSA) is 58.3 Å². The maximum absolute atomic E-state index is 5.77. The van der Waals surface area contributed by atoms with Crippen molar-refractivity contribution in [3.63, 3.8) is 0 Å². The van der Waals surface area contributed by atoms with Gasteiger partial charge in [-0.2, -0.15) is 0 Å². The zero-order chi connectivity index (χ0) is 14.8. The number of rotatable bonds is 3. The van der Waals surface area contributed by atoms with Gasteiger partial charge in [-0.15, -0.1) is 5.10 Å². The molecule has 0 saturated carbocycles. The average Bonchev–Trinajstić information content (AvgIpc) is 2.98. The molecule has 2 aromatic heterocycles. The van der Waals surface area contributed by atoms with E-state index in [1.165, 1.54) is 0 Å². The highest BCUT2D eigenvalue weighted by Gasteiger charge is 2.23. The van der Waals surface area contributed by atoms with Crippen LogP contribution in [0.3, 0.4) is 0 Å². The number of nitrogens with zero attached hydrogens (tertiary/aromatic N) is 5. The molecule has 3 heterocycles. The Morgan fingerprint density at radius 2 is 1.86 bits per heavy atom. The summed E-state index contributed by atoms with van der Waals surface area (Å²) in [6.07, 6.45) is 1.81. The fraction of sp³-hybridized carbons (Fsp3) is 0.533. The summed E-state index contributed by atoms with van der Waals surface area (Å²) in [5.74, 6) is 0.483. The van der Waals surface area contributed by atoms with E-state index in [4.69, 9.17) is 4.42 Å². The van der Waals surface area contributed by atoms with Crippen LogP contribution in [0.15, 0.2) is 22.7 Å². The Balaban J connectivity index is 1.70. The van der Waals surface area contributed by atoms with Gasteiger partial charge in [0.05, 0.1) is 0 Å². The molecule has 3 rings (SSSR count). The summed E-state index contributed by atoms with van der Waals surface area (Å²) in [6, 6.07) is 5.08. The van der Waals surface area contributed by atoms with Gasteiger partial charge in [-0.1, -0.05) is 11.2 Å². The molecule has 0 aromatic carbocycles. The summed E-state index contributed by atoms with van der Waals surface area (Å²) >= 11 is 0. The number of hydrogen-bond acceptors (Lipinski definition) is 6.